The second kappa shape index (κ2) is 11.8. The lowest BCUT2D eigenvalue weighted by Gasteiger charge is -2.32. The quantitative estimate of drug-likeness (QED) is 0.476. The van der Waals surface area contributed by atoms with Crippen molar-refractivity contribution in [3.05, 3.63) is 59.7 Å². The lowest BCUT2D eigenvalue weighted by atomic mass is 9.96. The lowest BCUT2D eigenvalue weighted by Crippen LogP contribution is -2.41. The van der Waals surface area contributed by atoms with E-state index in [9.17, 15) is 19.2 Å². The molecule has 9 nitrogen and oxygen atoms in total. The van der Waals surface area contributed by atoms with Crippen molar-refractivity contribution in [2.45, 2.75) is 26.7 Å². The number of amides is 3. The molecule has 3 rings (SSSR count). The summed E-state index contributed by atoms with van der Waals surface area (Å²) in [6, 6.07) is 13.2. The number of likely N-dealkylation sites (tertiary alicyclic amines) is 1. The standard InChI is InChI=1S/C25H29N3O6/c1-3-33-25(32)34-22-9-7-19(8-10-22)23(30)26-16-18-11-13-28(14-12-18)24(31)20-5-4-6-21(15-20)27-17(2)29/h4-10,15,18H,3,11-14,16H2,1-2H3,(H,26,30)(H,27,29). The zero-order chi connectivity index (χ0) is 24.5. The highest BCUT2D eigenvalue weighted by molar-refractivity contribution is 5.97. The van der Waals surface area contributed by atoms with Gasteiger partial charge >= 0.3 is 6.16 Å². The van der Waals surface area contributed by atoms with Crippen molar-refractivity contribution >= 4 is 29.6 Å². The van der Waals surface area contributed by atoms with Gasteiger partial charge in [-0.1, -0.05) is 6.07 Å². The van der Waals surface area contributed by atoms with Crippen molar-refractivity contribution in [3.8, 4) is 5.75 Å². The van der Waals surface area contributed by atoms with E-state index in [-0.39, 0.29) is 30.2 Å². The van der Waals surface area contributed by atoms with Gasteiger partial charge in [0, 0.05) is 43.4 Å². The van der Waals surface area contributed by atoms with Crippen molar-refractivity contribution in [2.75, 3.05) is 31.6 Å². The molecular formula is C25H29N3O6. The Morgan fingerprint density at radius 1 is 1.00 bits per heavy atom. The molecule has 1 aliphatic heterocycles. The fourth-order valence-corrected chi connectivity index (χ4v) is 3.71. The van der Waals surface area contributed by atoms with Gasteiger partial charge in [0.25, 0.3) is 11.8 Å². The first kappa shape index (κ1) is 24.8. The fraction of sp³-hybridized carbons (Fsp3) is 0.360. The number of benzene rings is 2. The molecule has 0 spiro atoms. The molecule has 1 aliphatic rings. The second-order valence-corrected chi connectivity index (χ2v) is 8.02. The van der Waals surface area contributed by atoms with Gasteiger partial charge in [-0.25, -0.2) is 4.79 Å². The zero-order valence-electron chi connectivity index (χ0n) is 19.3. The van der Waals surface area contributed by atoms with Crippen LogP contribution in [0.2, 0.25) is 0 Å². The molecule has 0 saturated carbocycles. The van der Waals surface area contributed by atoms with Gasteiger partial charge in [0.05, 0.1) is 6.61 Å². The van der Waals surface area contributed by atoms with Crippen LogP contribution < -0.4 is 15.4 Å². The maximum atomic E-state index is 12.8. The van der Waals surface area contributed by atoms with Crippen LogP contribution in [-0.4, -0.2) is 55.0 Å². The summed E-state index contributed by atoms with van der Waals surface area (Å²) in [5.41, 5.74) is 1.59. The van der Waals surface area contributed by atoms with Crippen LogP contribution in [0.15, 0.2) is 48.5 Å². The Balaban J connectivity index is 1.44. The number of hydrogen-bond acceptors (Lipinski definition) is 6. The molecule has 3 amide bonds. The normalized spacial score (nSPS) is 13.6. The van der Waals surface area contributed by atoms with Crippen LogP contribution in [0.4, 0.5) is 10.5 Å². The molecule has 1 saturated heterocycles. The number of hydrogen-bond donors (Lipinski definition) is 2. The molecule has 2 aromatic rings. The summed E-state index contributed by atoms with van der Waals surface area (Å²) >= 11 is 0. The molecular weight excluding hydrogens is 438 g/mol. The number of nitrogens with one attached hydrogen (secondary N) is 2. The summed E-state index contributed by atoms with van der Waals surface area (Å²) in [6.07, 6.45) is 0.776. The van der Waals surface area contributed by atoms with Gasteiger partial charge in [-0.15, -0.1) is 0 Å². The van der Waals surface area contributed by atoms with Crippen LogP contribution >= 0.6 is 0 Å². The minimum Gasteiger partial charge on any atom is -0.434 e. The third-order valence-electron chi connectivity index (χ3n) is 5.46. The molecule has 1 fully saturated rings. The van der Waals surface area contributed by atoms with Gasteiger partial charge in [-0.3, -0.25) is 14.4 Å². The third kappa shape index (κ3) is 7.06. The molecule has 1 heterocycles. The highest BCUT2D eigenvalue weighted by Gasteiger charge is 2.24. The molecule has 0 unspecified atom stereocenters. The average molecular weight is 468 g/mol. The van der Waals surface area contributed by atoms with Gasteiger partial charge in [-0.2, -0.15) is 0 Å². The molecule has 180 valence electrons. The summed E-state index contributed by atoms with van der Waals surface area (Å²) in [6.45, 7) is 5.05. The molecule has 2 N–H and O–H groups in total. The van der Waals surface area contributed by atoms with Crippen LogP contribution in [-0.2, 0) is 9.53 Å². The first-order valence-corrected chi connectivity index (χ1v) is 11.3. The maximum absolute atomic E-state index is 12.8. The minimum absolute atomic E-state index is 0.0696. The molecule has 0 atom stereocenters. The molecule has 9 heteroatoms. The predicted molar refractivity (Wildman–Crippen MR) is 126 cm³/mol. The topological polar surface area (TPSA) is 114 Å². The van der Waals surface area contributed by atoms with E-state index in [1.807, 2.05) is 0 Å². The summed E-state index contributed by atoms with van der Waals surface area (Å²) < 4.78 is 9.70. The Hall–Kier alpha value is -3.88. The first-order valence-electron chi connectivity index (χ1n) is 11.3. The van der Waals surface area contributed by atoms with Crippen LogP contribution in [0.1, 0.15) is 47.4 Å². The lowest BCUT2D eigenvalue weighted by molar-refractivity contribution is -0.114. The fourth-order valence-electron chi connectivity index (χ4n) is 3.71. The Bertz CT molecular complexity index is 1030. The van der Waals surface area contributed by atoms with Gasteiger partial charge in [0.1, 0.15) is 5.75 Å². The van der Waals surface area contributed by atoms with E-state index >= 15 is 0 Å². The van der Waals surface area contributed by atoms with Crippen molar-refractivity contribution in [1.29, 1.82) is 0 Å². The largest absolute Gasteiger partial charge is 0.513 e. The van der Waals surface area contributed by atoms with Crippen molar-refractivity contribution in [2.24, 2.45) is 5.92 Å². The second-order valence-electron chi connectivity index (χ2n) is 8.02. The van der Waals surface area contributed by atoms with Gasteiger partial charge in [-0.05, 0) is 68.1 Å². The van der Waals surface area contributed by atoms with Gasteiger partial charge < -0.3 is 25.0 Å². The maximum Gasteiger partial charge on any atom is 0.513 e. The summed E-state index contributed by atoms with van der Waals surface area (Å²) in [7, 11) is 0. The molecule has 34 heavy (non-hydrogen) atoms. The van der Waals surface area contributed by atoms with Crippen LogP contribution in [0.5, 0.6) is 5.75 Å². The Morgan fingerprint density at radius 3 is 2.35 bits per heavy atom. The Kier molecular flexibility index (Phi) is 8.61. The van der Waals surface area contributed by atoms with Crippen LogP contribution in [0.3, 0.4) is 0 Å². The number of rotatable bonds is 7. The predicted octanol–water partition coefficient (Wildman–Crippen LogP) is 3.46. The van der Waals surface area contributed by atoms with Gasteiger partial charge in [0.2, 0.25) is 5.91 Å². The van der Waals surface area contributed by atoms with Crippen molar-refractivity contribution in [3.63, 3.8) is 0 Å². The number of piperidine rings is 1. The molecule has 0 bridgehead atoms. The van der Waals surface area contributed by atoms with E-state index in [0.717, 1.165) is 12.8 Å². The van der Waals surface area contributed by atoms with Crippen LogP contribution in [0.25, 0.3) is 0 Å². The summed E-state index contributed by atoms with van der Waals surface area (Å²) in [5.74, 6) is 0.101. The minimum atomic E-state index is -0.787. The van der Waals surface area contributed by atoms with Crippen LogP contribution in [0, 0.1) is 5.92 Å². The Labute approximate surface area is 198 Å². The van der Waals surface area contributed by atoms with E-state index in [4.69, 9.17) is 9.47 Å². The zero-order valence-corrected chi connectivity index (χ0v) is 19.3. The molecule has 2 aromatic carbocycles. The highest BCUT2D eigenvalue weighted by atomic mass is 16.7. The number of ether oxygens (including phenoxy) is 2. The number of anilines is 1. The van der Waals surface area contributed by atoms with E-state index < -0.39 is 6.16 Å². The molecule has 0 radical (unpaired) electrons. The number of nitrogens with zero attached hydrogens (tertiary/aromatic N) is 1. The smallest absolute Gasteiger partial charge is 0.434 e. The molecule has 0 aliphatic carbocycles. The van der Waals surface area contributed by atoms with Gasteiger partial charge in [0.15, 0.2) is 0 Å². The SMILES string of the molecule is CCOC(=O)Oc1ccc(C(=O)NCC2CCN(C(=O)c3cccc(NC(C)=O)c3)CC2)cc1. The monoisotopic (exact) mass is 467 g/mol. The summed E-state index contributed by atoms with van der Waals surface area (Å²) in [4.78, 5) is 49.7. The first-order chi connectivity index (χ1) is 16.4. The van der Waals surface area contributed by atoms with E-state index in [0.29, 0.717) is 42.2 Å². The van der Waals surface area contributed by atoms with E-state index in [2.05, 4.69) is 10.6 Å². The molecule has 0 aromatic heterocycles. The Morgan fingerprint density at radius 2 is 1.71 bits per heavy atom. The number of carbonyl (C=O) groups excluding carboxylic acids is 4. The van der Waals surface area contributed by atoms with E-state index in [1.54, 1.807) is 48.2 Å². The third-order valence-corrected chi connectivity index (χ3v) is 5.46. The van der Waals surface area contributed by atoms with E-state index in [1.165, 1.54) is 19.1 Å². The summed E-state index contributed by atoms with van der Waals surface area (Å²) in [5, 5.41) is 5.63. The highest BCUT2D eigenvalue weighted by Crippen LogP contribution is 2.20. The van der Waals surface area contributed by atoms with Crippen molar-refractivity contribution in [1.82, 2.24) is 10.2 Å². The average Bonchev–Trinajstić information content (AvgIpc) is 2.83. The number of carbonyl (C=O) groups is 4. The van der Waals surface area contributed by atoms with Crippen molar-refractivity contribution < 1.29 is 28.7 Å².